The number of benzene rings is 1. The molecule has 0 aromatic heterocycles. The monoisotopic (exact) mass is 235 g/mol. The molecular formula is C12H14ClN3. The first kappa shape index (κ1) is 11.4. The van der Waals surface area contributed by atoms with Crippen LogP contribution in [0.1, 0.15) is 11.6 Å². The molecule has 1 aliphatic heterocycles. The van der Waals surface area contributed by atoms with E-state index in [2.05, 4.69) is 16.3 Å². The quantitative estimate of drug-likeness (QED) is 0.869. The molecule has 0 amide bonds. The molecule has 1 fully saturated rings. The first-order valence-corrected chi connectivity index (χ1v) is 5.69. The Hall–Kier alpha value is -1.08. The minimum absolute atomic E-state index is 0.224. The average molecular weight is 236 g/mol. The van der Waals surface area contributed by atoms with Crippen LogP contribution < -0.4 is 5.32 Å². The van der Waals surface area contributed by atoms with Gasteiger partial charge in [0.05, 0.1) is 6.07 Å². The van der Waals surface area contributed by atoms with Gasteiger partial charge in [-0.3, -0.25) is 4.90 Å². The van der Waals surface area contributed by atoms with E-state index in [1.807, 2.05) is 31.3 Å². The van der Waals surface area contributed by atoms with Crippen molar-refractivity contribution in [3.05, 3.63) is 34.9 Å². The van der Waals surface area contributed by atoms with Crippen molar-refractivity contribution in [2.24, 2.45) is 0 Å². The van der Waals surface area contributed by atoms with Crippen molar-refractivity contribution in [2.45, 2.75) is 12.1 Å². The number of likely N-dealkylation sites (N-methyl/N-ethyl adjacent to an activating group) is 1. The smallest absolute Gasteiger partial charge is 0.125 e. The van der Waals surface area contributed by atoms with Gasteiger partial charge in [0.1, 0.15) is 6.04 Å². The Morgan fingerprint density at radius 1 is 1.50 bits per heavy atom. The Labute approximate surface area is 101 Å². The maximum absolute atomic E-state index is 9.23. The number of rotatable bonds is 3. The third kappa shape index (κ3) is 2.05. The van der Waals surface area contributed by atoms with Crippen molar-refractivity contribution in [1.82, 2.24) is 10.2 Å². The first-order valence-electron chi connectivity index (χ1n) is 5.31. The molecule has 1 N–H and O–H groups in total. The zero-order chi connectivity index (χ0) is 11.5. The molecule has 1 aromatic rings. The molecule has 1 heterocycles. The largest absolute Gasteiger partial charge is 0.315 e. The summed E-state index contributed by atoms with van der Waals surface area (Å²) < 4.78 is 0. The number of nitriles is 1. The fourth-order valence-corrected chi connectivity index (χ4v) is 2.19. The van der Waals surface area contributed by atoms with Crippen molar-refractivity contribution in [1.29, 1.82) is 5.26 Å². The molecule has 1 aromatic carbocycles. The van der Waals surface area contributed by atoms with Gasteiger partial charge < -0.3 is 5.32 Å². The maximum Gasteiger partial charge on any atom is 0.125 e. The molecule has 0 unspecified atom stereocenters. The summed E-state index contributed by atoms with van der Waals surface area (Å²) in [4.78, 5) is 2.13. The standard InChI is InChI=1S/C12H14ClN3/c1-15-9-7-16(8-9)12(6-14)10-4-2-3-5-11(10)13/h2-5,9,12,15H,7-8H2,1H3/t12-/m0/s1. The summed E-state index contributed by atoms with van der Waals surface area (Å²) in [6.07, 6.45) is 0. The van der Waals surface area contributed by atoms with Crippen molar-refractivity contribution in [3.63, 3.8) is 0 Å². The van der Waals surface area contributed by atoms with Crippen LogP contribution in [-0.2, 0) is 0 Å². The third-order valence-corrected chi connectivity index (χ3v) is 3.35. The molecule has 16 heavy (non-hydrogen) atoms. The lowest BCUT2D eigenvalue weighted by Gasteiger charge is -2.41. The van der Waals surface area contributed by atoms with Gasteiger partial charge in [-0.25, -0.2) is 0 Å². The van der Waals surface area contributed by atoms with Gasteiger partial charge in [-0.2, -0.15) is 5.26 Å². The fraction of sp³-hybridized carbons (Fsp3) is 0.417. The zero-order valence-corrected chi connectivity index (χ0v) is 9.91. The van der Waals surface area contributed by atoms with E-state index in [1.165, 1.54) is 0 Å². The molecule has 1 atom stereocenters. The molecule has 84 valence electrons. The van der Waals surface area contributed by atoms with Crippen molar-refractivity contribution in [3.8, 4) is 6.07 Å². The second-order valence-electron chi connectivity index (χ2n) is 3.99. The number of hydrogen-bond donors (Lipinski definition) is 1. The van der Waals surface area contributed by atoms with Gasteiger partial charge in [0.25, 0.3) is 0 Å². The van der Waals surface area contributed by atoms with Gasteiger partial charge in [-0.05, 0) is 13.1 Å². The van der Waals surface area contributed by atoms with E-state index >= 15 is 0 Å². The minimum Gasteiger partial charge on any atom is -0.315 e. The van der Waals surface area contributed by atoms with E-state index in [0.29, 0.717) is 11.1 Å². The van der Waals surface area contributed by atoms with Gasteiger partial charge in [-0.15, -0.1) is 0 Å². The molecular weight excluding hydrogens is 222 g/mol. The Kier molecular flexibility index (Phi) is 3.45. The highest BCUT2D eigenvalue weighted by atomic mass is 35.5. The zero-order valence-electron chi connectivity index (χ0n) is 9.15. The van der Waals surface area contributed by atoms with E-state index < -0.39 is 0 Å². The summed E-state index contributed by atoms with van der Waals surface area (Å²) in [6.45, 7) is 1.81. The van der Waals surface area contributed by atoms with Gasteiger partial charge in [0.15, 0.2) is 0 Å². The highest BCUT2D eigenvalue weighted by Gasteiger charge is 2.32. The summed E-state index contributed by atoms with van der Waals surface area (Å²) in [5, 5.41) is 13.1. The molecule has 2 rings (SSSR count). The van der Waals surface area contributed by atoms with Crippen LogP contribution in [0.25, 0.3) is 0 Å². The number of hydrogen-bond acceptors (Lipinski definition) is 3. The Morgan fingerprint density at radius 3 is 2.75 bits per heavy atom. The average Bonchev–Trinajstić information content (AvgIpc) is 2.24. The first-order chi connectivity index (χ1) is 7.76. The van der Waals surface area contributed by atoms with E-state index in [0.717, 1.165) is 18.7 Å². The number of likely N-dealkylation sites (tertiary alicyclic amines) is 1. The topological polar surface area (TPSA) is 39.1 Å². The highest BCUT2D eigenvalue weighted by Crippen LogP contribution is 2.29. The molecule has 0 spiro atoms. The summed E-state index contributed by atoms with van der Waals surface area (Å²) in [5.74, 6) is 0. The Morgan fingerprint density at radius 2 is 2.19 bits per heavy atom. The third-order valence-electron chi connectivity index (χ3n) is 3.01. The molecule has 3 nitrogen and oxygen atoms in total. The van der Waals surface area contributed by atoms with Gasteiger partial charge >= 0.3 is 0 Å². The Bertz CT molecular complexity index is 407. The van der Waals surface area contributed by atoms with Crippen molar-refractivity contribution in [2.75, 3.05) is 20.1 Å². The summed E-state index contributed by atoms with van der Waals surface area (Å²) in [7, 11) is 1.94. The summed E-state index contributed by atoms with van der Waals surface area (Å²) >= 11 is 6.10. The second kappa shape index (κ2) is 4.84. The lowest BCUT2D eigenvalue weighted by Crippen LogP contribution is -2.57. The lowest BCUT2D eigenvalue weighted by molar-refractivity contribution is 0.104. The molecule has 0 bridgehead atoms. The van der Waals surface area contributed by atoms with Crippen molar-refractivity contribution < 1.29 is 0 Å². The van der Waals surface area contributed by atoms with Crippen LogP contribution in [0.4, 0.5) is 0 Å². The predicted molar refractivity (Wildman–Crippen MR) is 64.2 cm³/mol. The highest BCUT2D eigenvalue weighted by molar-refractivity contribution is 6.31. The second-order valence-corrected chi connectivity index (χ2v) is 4.40. The van der Waals surface area contributed by atoms with Crippen LogP contribution in [0.3, 0.4) is 0 Å². The molecule has 0 aliphatic carbocycles. The number of nitrogens with one attached hydrogen (secondary N) is 1. The van der Waals surface area contributed by atoms with E-state index in [1.54, 1.807) is 0 Å². The normalized spacial score (nSPS) is 18.8. The molecule has 1 aliphatic rings. The minimum atomic E-state index is -0.224. The van der Waals surface area contributed by atoms with Gasteiger partial charge in [0.2, 0.25) is 0 Å². The van der Waals surface area contributed by atoms with Crippen LogP contribution >= 0.6 is 11.6 Å². The SMILES string of the molecule is CNC1CN([C@@H](C#N)c2ccccc2Cl)C1. The van der Waals surface area contributed by atoms with E-state index in [9.17, 15) is 5.26 Å². The Balaban J connectivity index is 2.13. The van der Waals surface area contributed by atoms with Gasteiger partial charge in [-0.1, -0.05) is 29.8 Å². The fourth-order valence-electron chi connectivity index (χ4n) is 1.95. The molecule has 1 saturated heterocycles. The maximum atomic E-state index is 9.23. The summed E-state index contributed by atoms with van der Waals surface area (Å²) in [5.41, 5.74) is 0.904. The van der Waals surface area contributed by atoms with Crippen molar-refractivity contribution >= 4 is 11.6 Å². The predicted octanol–water partition coefficient (Wildman–Crippen LogP) is 1.81. The number of nitrogens with zero attached hydrogens (tertiary/aromatic N) is 2. The molecule has 0 radical (unpaired) electrons. The van der Waals surface area contributed by atoms with Crippen LogP contribution in [0.2, 0.25) is 5.02 Å². The molecule has 0 saturated carbocycles. The van der Waals surface area contributed by atoms with E-state index in [4.69, 9.17) is 11.6 Å². The number of halogens is 1. The van der Waals surface area contributed by atoms with Crippen LogP contribution in [0.15, 0.2) is 24.3 Å². The van der Waals surface area contributed by atoms with Gasteiger partial charge in [0, 0.05) is 29.7 Å². The molecule has 4 heteroatoms. The van der Waals surface area contributed by atoms with Crippen LogP contribution in [0.5, 0.6) is 0 Å². The van der Waals surface area contributed by atoms with E-state index in [-0.39, 0.29) is 6.04 Å². The lowest BCUT2D eigenvalue weighted by atomic mass is 10.0. The van der Waals surface area contributed by atoms with Crippen LogP contribution in [-0.4, -0.2) is 31.1 Å². The van der Waals surface area contributed by atoms with Crippen LogP contribution in [0, 0.1) is 11.3 Å². The summed E-state index contributed by atoms with van der Waals surface area (Å²) in [6, 6.07) is 10.1.